The standard InChI is InChI=1S/C19H20N4O3/c1-13-6-7-16-17(20-13)21-19(26-16)23-10-8-22(9-11-23)18(24)14-4-3-5-15(12-14)25-2/h3-7,12H,8-11H2,1-2H3. The third kappa shape index (κ3) is 3.08. The summed E-state index contributed by atoms with van der Waals surface area (Å²) in [7, 11) is 1.60. The Balaban J connectivity index is 1.45. The molecule has 26 heavy (non-hydrogen) atoms. The lowest BCUT2D eigenvalue weighted by molar-refractivity contribution is 0.0744. The number of anilines is 1. The van der Waals surface area contributed by atoms with E-state index >= 15 is 0 Å². The Bertz CT molecular complexity index is 945. The van der Waals surface area contributed by atoms with E-state index in [-0.39, 0.29) is 5.91 Å². The van der Waals surface area contributed by atoms with Gasteiger partial charge in [-0.25, -0.2) is 4.98 Å². The molecule has 3 heterocycles. The first kappa shape index (κ1) is 16.4. The van der Waals surface area contributed by atoms with E-state index in [9.17, 15) is 4.79 Å². The number of pyridine rings is 1. The highest BCUT2D eigenvalue weighted by Gasteiger charge is 2.25. The van der Waals surface area contributed by atoms with Crippen molar-refractivity contribution < 1.29 is 13.9 Å². The molecule has 0 aliphatic carbocycles. The topological polar surface area (TPSA) is 71.7 Å². The Kier molecular flexibility index (Phi) is 4.20. The van der Waals surface area contributed by atoms with Crippen molar-refractivity contribution in [3.05, 3.63) is 47.7 Å². The third-order valence-electron chi connectivity index (χ3n) is 4.54. The zero-order chi connectivity index (χ0) is 18.1. The number of carbonyl (C=O) groups excluding carboxylic acids is 1. The Labute approximate surface area is 151 Å². The van der Waals surface area contributed by atoms with Crippen LogP contribution in [0.3, 0.4) is 0 Å². The van der Waals surface area contributed by atoms with Gasteiger partial charge in [0.25, 0.3) is 11.9 Å². The molecule has 4 rings (SSSR count). The second-order valence-electron chi connectivity index (χ2n) is 6.28. The van der Waals surface area contributed by atoms with Crippen molar-refractivity contribution in [2.75, 3.05) is 38.2 Å². The zero-order valence-electron chi connectivity index (χ0n) is 14.8. The number of nitrogens with zero attached hydrogens (tertiary/aromatic N) is 4. The normalized spacial score (nSPS) is 14.7. The van der Waals surface area contributed by atoms with E-state index in [0.717, 1.165) is 5.69 Å². The quantitative estimate of drug-likeness (QED) is 0.721. The molecular formula is C19H20N4O3. The van der Waals surface area contributed by atoms with E-state index in [1.165, 1.54) is 0 Å². The Morgan fingerprint density at radius 2 is 1.92 bits per heavy atom. The molecule has 134 valence electrons. The molecule has 0 saturated carbocycles. The fraction of sp³-hybridized carbons (Fsp3) is 0.316. The van der Waals surface area contributed by atoms with Crippen molar-refractivity contribution in [3.8, 4) is 5.75 Å². The van der Waals surface area contributed by atoms with Crippen LogP contribution in [0.15, 0.2) is 40.8 Å². The molecule has 7 heteroatoms. The number of rotatable bonds is 3. The summed E-state index contributed by atoms with van der Waals surface area (Å²) in [6.45, 7) is 4.49. The molecule has 1 fully saturated rings. The highest BCUT2D eigenvalue weighted by Crippen LogP contribution is 2.22. The van der Waals surface area contributed by atoms with Crippen LogP contribution in [0.5, 0.6) is 5.75 Å². The third-order valence-corrected chi connectivity index (χ3v) is 4.54. The molecule has 0 spiro atoms. The number of fused-ring (bicyclic) bond motifs is 1. The van der Waals surface area contributed by atoms with Crippen LogP contribution in [0.2, 0.25) is 0 Å². The van der Waals surface area contributed by atoms with Gasteiger partial charge < -0.3 is 19.0 Å². The molecule has 1 aliphatic heterocycles. The van der Waals surface area contributed by atoms with Crippen LogP contribution < -0.4 is 9.64 Å². The molecular weight excluding hydrogens is 332 g/mol. The highest BCUT2D eigenvalue weighted by molar-refractivity contribution is 5.94. The van der Waals surface area contributed by atoms with E-state index in [4.69, 9.17) is 9.15 Å². The number of piperazine rings is 1. The summed E-state index contributed by atoms with van der Waals surface area (Å²) in [5.41, 5.74) is 2.85. The van der Waals surface area contributed by atoms with Crippen LogP contribution in [0.1, 0.15) is 16.1 Å². The number of benzene rings is 1. The van der Waals surface area contributed by atoms with Crippen LogP contribution in [0.25, 0.3) is 11.2 Å². The first-order chi connectivity index (χ1) is 12.6. The molecule has 0 unspecified atom stereocenters. The van der Waals surface area contributed by atoms with Gasteiger partial charge in [-0.3, -0.25) is 4.79 Å². The van der Waals surface area contributed by atoms with Gasteiger partial charge in [0.2, 0.25) is 5.65 Å². The van der Waals surface area contributed by atoms with E-state index in [1.807, 2.05) is 47.1 Å². The SMILES string of the molecule is COc1cccc(C(=O)N2CCN(c3nc4nc(C)ccc4o3)CC2)c1. The number of amides is 1. The van der Waals surface area contributed by atoms with Gasteiger partial charge in [-0.2, -0.15) is 4.98 Å². The number of methoxy groups -OCH3 is 1. The minimum Gasteiger partial charge on any atom is -0.497 e. The minimum atomic E-state index is 0.0124. The second kappa shape index (κ2) is 6.67. The summed E-state index contributed by atoms with van der Waals surface area (Å²) >= 11 is 0. The molecule has 2 aromatic heterocycles. The summed E-state index contributed by atoms with van der Waals surface area (Å²) < 4.78 is 11.0. The fourth-order valence-electron chi connectivity index (χ4n) is 3.08. The average Bonchev–Trinajstić information content (AvgIpc) is 3.10. The smallest absolute Gasteiger partial charge is 0.300 e. The zero-order valence-corrected chi connectivity index (χ0v) is 14.8. The Morgan fingerprint density at radius 1 is 1.12 bits per heavy atom. The molecule has 7 nitrogen and oxygen atoms in total. The average molecular weight is 352 g/mol. The molecule has 0 bridgehead atoms. The van der Waals surface area contributed by atoms with Gasteiger partial charge >= 0.3 is 0 Å². The van der Waals surface area contributed by atoms with Crippen molar-refractivity contribution in [2.24, 2.45) is 0 Å². The summed E-state index contributed by atoms with van der Waals surface area (Å²) in [5.74, 6) is 0.696. The van der Waals surface area contributed by atoms with Crippen molar-refractivity contribution in [1.82, 2.24) is 14.9 Å². The predicted molar refractivity (Wildman–Crippen MR) is 97.7 cm³/mol. The van der Waals surface area contributed by atoms with Crippen molar-refractivity contribution in [2.45, 2.75) is 6.92 Å². The van der Waals surface area contributed by atoms with Crippen LogP contribution >= 0.6 is 0 Å². The molecule has 1 aliphatic rings. The molecule has 0 atom stereocenters. The molecule has 0 radical (unpaired) electrons. The van der Waals surface area contributed by atoms with Crippen LogP contribution in [-0.2, 0) is 0 Å². The van der Waals surface area contributed by atoms with Crippen LogP contribution in [0, 0.1) is 6.92 Å². The van der Waals surface area contributed by atoms with Crippen molar-refractivity contribution >= 4 is 23.2 Å². The number of aromatic nitrogens is 2. The minimum absolute atomic E-state index is 0.0124. The van der Waals surface area contributed by atoms with Gasteiger partial charge in [-0.1, -0.05) is 6.07 Å². The highest BCUT2D eigenvalue weighted by atomic mass is 16.5. The molecule has 0 N–H and O–H groups in total. The van der Waals surface area contributed by atoms with E-state index in [1.54, 1.807) is 13.2 Å². The summed E-state index contributed by atoms with van der Waals surface area (Å²) in [6.07, 6.45) is 0. The van der Waals surface area contributed by atoms with E-state index < -0.39 is 0 Å². The largest absolute Gasteiger partial charge is 0.497 e. The monoisotopic (exact) mass is 352 g/mol. The van der Waals surface area contributed by atoms with Gasteiger partial charge in [-0.05, 0) is 37.3 Å². The summed E-state index contributed by atoms with van der Waals surface area (Å²) in [6, 6.07) is 11.6. The molecule has 1 amide bonds. The second-order valence-corrected chi connectivity index (χ2v) is 6.28. The summed E-state index contributed by atoms with van der Waals surface area (Å²) in [5, 5.41) is 0. The number of aryl methyl sites for hydroxylation is 1. The van der Waals surface area contributed by atoms with Crippen LogP contribution in [0.4, 0.5) is 6.01 Å². The Morgan fingerprint density at radius 3 is 2.69 bits per heavy atom. The first-order valence-corrected chi connectivity index (χ1v) is 8.56. The fourth-order valence-corrected chi connectivity index (χ4v) is 3.08. The summed E-state index contributed by atoms with van der Waals surface area (Å²) in [4.78, 5) is 25.4. The maximum atomic E-state index is 12.7. The predicted octanol–water partition coefficient (Wildman–Crippen LogP) is 2.50. The van der Waals surface area contributed by atoms with Crippen molar-refractivity contribution in [3.63, 3.8) is 0 Å². The number of oxazole rings is 1. The number of hydrogen-bond acceptors (Lipinski definition) is 6. The van der Waals surface area contributed by atoms with E-state index in [0.29, 0.717) is 54.7 Å². The van der Waals surface area contributed by atoms with Gasteiger partial charge in [-0.15, -0.1) is 0 Å². The lowest BCUT2D eigenvalue weighted by atomic mass is 10.1. The van der Waals surface area contributed by atoms with Gasteiger partial charge in [0.1, 0.15) is 5.75 Å². The number of ether oxygens (including phenoxy) is 1. The van der Waals surface area contributed by atoms with Gasteiger partial charge in [0.15, 0.2) is 5.58 Å². The molecule has 3 aromatic rings. The molecule has 1 aromatic carbocycles. The lowest BCUT2D eigenvalue weighted by Crippen LogP contribution is -2.48. The van der Waals surface area contributed by atoms with Crippen molar-refractivity contribution in [1.29, 1.82) is 0 Å². The number of hydrogen-bond donors (Lipinski definition) is 0. The number of carbonyl (C=O) groups is 1. The molecule has 1 saturated heterocycles. The van der Waals surface area contributed by atoms with Gasteiger partial charge in [0.05, 0.1) is 7.11 Å². The first-order valence-electron chi connectivity index (χ1n) is 8.56. The maximum Gasteiger partial charge on any atom is 0.300 e. The van der Waals surface area contributed by atoms with Crippen LogP contribution in [-0.4, -0.2) is 54.1 Å². The lowest BCUT2D eigenvalue weighted by Gasteiger charge is -2.33. The Hall–Kier alpha value is -3.09. The maximum absolute atomic E-state index is 12.7. The van der Waals surface area contributed by atoms with E-state index in [2.05, 4.69) is 9.97 Å². The van der Waals surface area contributed by atoms with Gasteiger partial charge in [0, 0.05) is 37.4 Å².